The van der Waals surface area contributed by atoms with Crippen molar-refractivity contribution in [2.24, 2.45) is 0 Å². The van der Waals surface area contributed by atoms with E-state index < -0.39 is 0 Å². The number of hydrogen-bond acceptors (Lipinski definition) is 4. The fraction of sp³-hybridized carbons (Fsp3) is 0.500. The fourth-order valence-corrected chi connectivity index (χ4v) is 3.16. The number of nitrogens with zero attached hydrogens (tertiary/aromatic N) is 2. The zero-order valence-corrected chi connectivity index (χ0v) is 11.0. The van der Waals surface area contributed by atoms with Crippen LogP contribution in [0.25, 0.3) is 0 Å². The molecule has 19 heavy (non-hydrogen) atoms. The second-order valence-electron chi connectivity index (χ2n) is 5.47. The van der Waals surface area contributed by atoms with Crippen LogP contribution in [0.4, 0.5) is 11.4 Å². The maximum absolute atomic E-state index is 12.5. The van der Waals surface area contributed by atoms with Crippen molar-refractivity contribution in [2.75, 3.05) is 37.6 Å². The number of anilines is 2. The molecule has 0 aliphatic carbocycles. The van der Waals surface area contributed by atoms with E-state index in [-0.39, 0.29) is 5.91 Å². The number of carbonyl (C=O) groups excluding carboxylic acids is 1. The molecule has 2 aliphatic rings. The number of hydrogen-bond donors (Lipinski definition) is 2. The minimum atomic E-state index is 0.0468. The van der Waals surface area contributed by atoms with E-state index >= 15 is 0 Å². The van der Waals surface area contributed by atoms with Gasteiger partial charge in [-0.15, -0.1) is 0 Å². The number of fused-ring (bicyclic) bond motifs is 1. The average Bonchev–Trinajstić information content (AvgIpc) is 2.83. The van der Waals surface area contributed by atoms with E-state index in [2.05, 4.69) is 4.90 Å². The predicted molar refractivity (Wildman–Crippen MR) is 75.8 cm³/mol. The summed E-state index contributed by atoms with van der Waals surface area (Å²) >= 11 is 0. The highest BCUT2D eigenvalue weighted by molar-refractivity contribution is 5.96. The first-order valence-corrected chi connectivity index (χ1v) is 6.83. The Balaban J connectivity index is 1.76. The van der Waals surface area contributed by atoms with Gasteiger partial charge in [0.15, 0.2) is 0 Å². The number of nitrogen functional groups attached to an aromatic ring is 2. The Bertz CT molecular complexity index is 482. The predicted octanol–water partition coefficient (Wildman–Crippen LogP) is 0.771. The van der Waals surface area contributed by atoms with Gasteiger partial charge in [0, 0.05) is 42.6 Å². The molecule has 5 heteroatoms. The molecule has 0 spiro atoms. The van der Waals surface area contributed by atoms with Crippen molar-refractivity contribution in [1.82, 2.24) is 9.80 Å². The van der Waals surface area contributed by atoms with Gasteiger partial charge in [-0.2, -0.15) is 0 Å². The van der Waals surface area contributed by atoms with Gasteiger partial charge in [-0.05, 0) is 37.6 Å². The van der Waals surface area contributed by atoms with Gasteiger partial charge in [0.2, 0.25) is 0 Å². The second kappa shape index (κ2) is 4.74. The van der Waals surface area contributed by atoms with Gasteiger partial charge in [0.1, 0.15) is 0 Å². The molecular formula is C14H20N4O. The molecule has 102 valence electrons. The molecule has 2 aliphatic heterocycles. The Morgan fingerprint density at radius 2 is 1.84 bits per heavy atom. The molecule has 1 aromatic carbocycles. The van der Waals surface area contributed by atoms with Crippen LogP contribution in [0.2, 0.25) is 0 Å². The third-order valence-corrected chi connectivity index (χ3v) is 4.10. The smallest absolute Gasteiger partial charge is 0.254 e. The standard InChI is InChI=1S/C14H20N4O/c15-11-6-10(7-12(16)8-11)14(19)18-5-4-17-3-1-2-13(17)9-18/h6-8,13H,1-5,9,15-16H2. The highest BCUT2D eigenvalue weighted by Crippen LogP contribution is 2.23. The molecule has 1 aromatic rings. The van der Waals surface area contributed by atoms with Crippen LogP contribution in [0, 0.1) is 0 Å². The summed E-state index contributed by atoms with van der Waals surface area (Å²) in [5.74, 6) is 0.0468. The number of nitrogens with two attached hydrogens (primary N) is 2. The normalized spacial score (nSPS) is 23.4. The zero-order chi connectivity index (χ0) is 13.4. The SMILES string of the molecule is Nc1cc(N)cc(C(=O)N2CCN3CCCC3C2)c1. The monoisotopic (exact) mass is 260 g/mol. The molecule has 1 amide bonds. The maximum atomic E-state index is 12.5. The summed E-state index contributed by atoms with van der Waals surface area (Å²) in [6.45, 7) is 3.78. The van der Waals surface area contributed by atoms with E-state index in [1.807, 2.05) is 4.90 Å². The molecule has 2 saturated heterocycles. The van der Waals surface area contributed by atoms with Crippen molar-refractivity contribution in [1.29, 1.82) is 0 Å². The van der Waals surface area contributed by atoms with Crippen LogP contribution in [0.5, 0.6) is 0 Å². The van der Waals surface area contributed by atoms with Crippen molar-refractivity contribution in [2.45, 2.75) is 18.9 Å². The van der Waals surface area contributed by atoms with Crippen molar-refractivity contribution in [3.63, 3.8) is 0 Å². The molecule has 0 bridgehead atoms. The topological polar surface area (TPSA) is 75.6 Å². The molecule has 0 aromatic heterocycles. The molecule has 0 saturated carbocycles. The minimum absolute atomic E-state index is 0.0468. The van der Waals surface area contributed by atoms with Crippen LogP contribution in [0.1, 0.15) is 23.2 Å². The number of benzene rings is 1. The summed E-state index contributed by atoms with van der Waals surface area (Å²) in [6, 6.07) is 5.63. The van der Waals surface area contributed by atoms with E-state index in [1.165, 1.54) is 19.4 Å². The van der Waals surface area contributed by atoms with Gasteiger partial charge >= 0.3 is 0 Å². The van der Waals surface area contributed by atoms with Gasteiger partial charge in [-0.3, -0.25) is 9.69 Å². The van der Waals surface area contributed by atoms with Crippen LogP contribution in [-0.2, 0) is 0 Å². The first-order valence-electron chi connectivity index (χ1n) is 6.83. The van der Waals surface area contributed by atoms with E-state index in [4.69, 9.17) is 11.5 Å². The van der Waals surface area contributed by atoms with Crippen molar-refractivity contribution in [3.05, 3.63) is 23.8 Å². The van der Waals surface area contributed by atoms with Crippen LogP contribution in [0.3, 0.4) is 0 Å². The van der Waals surface area contributed by atoms with Gasteiger partial charge in [-0.25, -0.2) is 0 Å². The first-order chi connectivity index (χ1) is 9.13. The number of carbonyl (C=O) groups is 1. The lowest BCUT2D eigenvalue weighted by Crippen LogP contribution is -2.52. The van der Waals surface area contributed by atoms with Crippen molar-refractivity contribution >= 4 is 17.3 Å². The largest absolute Gasteiger partial charge is 0.399 e. The van der Waals surface area contributed by atoms with E-state index in [1.54, 1.807) is 18.2 Å². The summed E-state index contributed by atoms with van der Waals surface area (Å²) in [7, 11) is 0. The number of amides is 1. The Hall–Kier alpha value is -1.75. The molecule has 2 fully saturated rings. The Morgan fingerprint density at radius 3 is 2.58 bits per heavy atom. The molecule has 0 radical (unpaired) electrons. The Morgan fingerprint density at radius 1 is 1.11 bits per heavy atom. The number of rotatable bonds is 1. The van der Waals surface area contributed by atoms with Crippen molar-refractivity contribution in [3.8, 4) is 0 Å². The lowest BCUT2D eigenvalue weighted by molar-refractivity contribution is 0.0571. The molecule has 3 rings (SSSR count). The highest BCUT2D eigenvalue weighted by atomic mass is 16.2. The maximum Gasteiger partial charge on any atom is 0.254 e. The van der Waals surface area contributed by atoms with Crippen molar-refractivity contribution < 1.29 is 4.79 Å². The third-order valence-electron chi connectivity index (χ3n) is 4.10. The van der Waals surface area contributed by atoms with Crippen LogP contribution in [-0.4, -0.2) is 47.9 Å². The third kappa shape index (κ3) is 2.38. The minimum Gasteiger partial charge on any atom is -0.399 e. The van der Waals surface area contributed by atoms with Gasteiger partial charge in [0.25, 0.3) is 5.91 Å². The molecule has 1 unspecified atom stereocenters. The highest BCUT2D eigenvalue weighted by Gasteiger charge is 2.32. The quantitative estimate of drug-likeness (QED) is 0.731. The first kappa shape index (κ1) is 12.3. The molecule has 4 N–H and O–H groups in total. The van der Waals surface area contributed by atoms with Crippen LogP contribution in [0.15, 0.2) is 18.2 Å². The van der Waals surface area contributed by atoms with Gasteiger partial charge in [0.05, 0.1) is 0 Å². The summed E-state index contributed by atoms with van der Waals surface area (Å²) in [4.78, 5) is 16.9. The summed E-state index contributed by atoms with van der Waals surface area (Å²) in [6.07, 6.45) is 2.45. The molecule has 2 heterocycles. The number of piperazine rings is 1. The van der Waals surface area contributed by atoms with E-state index in [9.17, 15) is 4.79 Å². The summed E-state index contributed by atoms with van der Waals surface area (Å²) in [5.41, 5.74) is 13.2. The average molecular weight is 260 g/mol. The molecule has 5 nitrogen and oxygen atoms in total. The van der Waals surface area contributed by atoms with Gasteiger partial charge in [-0.1, -0.05) is 0 Å². The van der Waals surface area contributed by atoms with E-state index in [0.29, 0.717) is 23.0 Å². The summed E-state index contributed by atoms with van der Waals surface area (Å²) < 4.78 is 0. The lowest BCUT2D eigenvalue weighted by Gasteiger charge is -2.37. The second-order valence-corrected chi connectivity index (χ2v) is 5.47. The Kier molecular flexibility index (Phi) is 3.06. The van der Waals surface area contributed by atoms with Crippen LogP contribution < -0.4 is 11.5 Å². The van der Waals surface area contributed by atoms with Crippen LogP contribution >= 0.6 is 0 Å². The lowest BCUT2D eigenvalue weighted by atomic mass is 10.1. The fourth-order valence-electron chi connectivity index (χ4n) is 3.16. The Labute approximate surface area is 113 Å². The van der Waals surface area contributed by atoms with E-state index in [0.717, 1.165) is 19.6 Å². The summed E-state index contributed by atoms with van der Waals surface area (Å²) in [5, 5.41) is 0. The van der Waals surface area contributed by atoms with Gasteiger partial charge < -0.3 is 16.4 Å². The molecule has 1 atom stereocenters. The molecular weight excluding hydrogens is 240 g/mol. The zero-order valence-electron chi connectivity index (χ0n) is 11.0.